The summed E-state index contributed by atoms with van der Waals surface area (Å²) >= 11 is 0. The van der Waals surface area contributed by atoms with Gasteiger partial charge in [-0.15, -0.1) is 0 Å². The third kappa shape index (κ3) is 4.33. The molecule has 0 N–H and O–H groups in total. The van der Waals surface area contributed by atoms with Crippen molar-refractivity contribution in [1.82, 2.24) is 0 Å². The summed E-state index contributed by atoms with van der Waals surface area (Å²) in [7, 11) is -3.49. The lowest BCUT2D eigenvalue weighted by molar-refractivity contribution is 0.473. The number of aryl methyl sites for hydroxylation is 3. The van der Waals surface area contributed by atoms with E-state index in [4.69, 9.17) is 4.18 Å². The minimum Gasteiger partial charge on any atom is -0.382 e. The molecule has 0 saturated carbocycles. The van der Waals surface area contributed by atoms with Gasteiger partial charge < -0.3 is 4.18 Å². The zero-order valence-corrected chi connectivity index (χ0v) is 12.6. The van der Waals surface area contributed by atoms with E-state index in [0.717, 1.165) is 16.7 Å². The summed E-state index contributed by atoms with van der Waals surface area (Å²) < 4.78 is 29.0. The van der Waals surface area contributed by atoms with Crippen LogP contribution in [0.3, 0.4) is 0 Å². The first-order valence-corrected chi connectivity index (χ1v) is 7.79. The van der Waals surface area contributed by atoms with Crippen molar-refractivity contribution in [1.29, 1.82) is 0 Å². The maximum Gasteiger partial charge on any atom is 0.309 e. The van der Waals surface area contributed by atoms with E-state index >= 15 is 0 Å². The molecule has 4 heteroatoms. The number of hydrogen-bond acceptors (Lipinski definition) is 3. The monoisotopic (exact) mass is 270 g/mol. The maximum atomic E-state index is 11.9. The third-order valence-electron chi connectivity index (χ3n) is 2.76. The van der Waals surface area contributed by atoms with Crippen molar-refractivity contribution in [2.45, 2.75) is 41.0 Å². The van der Waals surface area contributed by atoms with E-state index in [-0.39, 0.29) is 5.75 Å². The Labute approximate surface area is 110 Å². The number of rotatable bonds is 5. The second-order valence-electron chi connectivity index (χ2n) is 5.26. The second kappa shape index (κ2) is 5.74. The Hall–Kier alpha value is -1.03. The van der Waals surface area contributed by atoms with E-state index in [2.05, 4.69) is 0 Å². The molecule has 102 valence electrons. The largest absolute Gasteiger partial charge is 0.382 e. The highest BCUT2D eigenvalue weighted by Crippen LogP contribution is 2.26. The predicted octanol–water partition coefficient (Wildman–Crippen LogP) is 3.37. The molecule has 0 aromatic heterocycles. The Morgan fingerprint density at radius 2 is 1.61 bits per heavy atom. The van der Waals surface area contributed by atoms with Crippen LogP contribution < -0.4 is 4.18 Å². The first-order chi connectivity index (χ1) is 8.21. The van der Waals surface area contributed by atoms with Gasteiger partial charge in [-0.25, -0.2) is 0 Å². The molecule has 18 heavy (non-hydrogen) atoms. The van der Waals surface area contributed by atoms with E-state index in [1.54, 1.807) is 0 Å². The van der Waals surface area contributed by atoms with Crippen molar-refractivity contribution in [3.05, 3.63) is 28.8 Å². The van der Waals surface area contributed by atoms with Crippen molar-refractivity contribution >= 4 is 10.1 Å². The lowest BCUT2D eigenvalue weighted by Crippen LogP contribution is -2.16. The Morgan fingerprint density at radius 3 is 2.06 bits per heavy atom. The van der Waals surface area contributed by atoms with Crippen LogP contribution in [0, 0.1) is 26.7 Å². The van der Waals surface area contributed by atoms with Gasteiger partial charge in [0, 0.05) is 0 Å². The fourth-order valence-electron chi connectivity index (χ4n) is 1.85. The molecule has 1 aromatic carbocycles. The van der Waals surface area contributed by atoms with Gasteiger partial charge in [-0.2, -0.15) is 8.42 Å². The van der Waals surface area contributed by atoms with E-state index in [0.29, 0.717) is 18.1 Å². The number of hydrogen-bond donors (Lipinski definition) is 0. The molecule has 0 atom stereocenters. The van der Waals surface area contributed by atoms with Gasteiger partial charge in [0.2, 0.25) is 0 Å². The minimum absolute atomic E-state index is 0.0669. The van der Waals surface area contributed by atoms with Crippen LogP contribution >= 0.6 is 0 Å². The predicted molar refractivity (Wildman–Crippen MR) is 74.5 cm³/mol. The molecule has 0 saturated heterocycles. The first-order valence-electron chi connectivity index (χ1n) is 6.21. The summed E-state index contributed by atoms with van der Waals surface area (Å²) in [5, 5.41) is 0. The molecule has 0 fully saturated rings. The normalized spacial score (nSPS) is 11.9. The Bertz CT molecular complexity index is 493. The second-order valence-corrected chi connectivity index (χ2v) is 6.95. The van der Waals surface area contributed by atoms with E-state index in [1.807, 2.05) is 46.8 Å². The van der Waals surface area contributed by atoms with E-state index in [1.165, 1.54) is 0 Å². The molecular formula is C14H22O3S. The Kier molecular flexibility index (Phi) is 4.79. The molecule has 0 aliphatic heterocycles. The van der Waals surface area contributed by atoms with Crippen molar-refractivity contribution < 1.29 is 12.6 Å². The molecule has 0 bridgehead atoms. The molecule has 0 unspecified atom stereocenters. The molecule has 0 spiro atoms. The fraction of sp³-hybridized carbons (Fsp3) is 0.571. The van der Waals surface area contributed by atoms with Crippen molar-refractivity contribution in [3.63, 3.8) is 0 Å². The zero-order valence-electron chi connectivity index (χ0n) is 11.8. The van der Waals surface area contributed by atoms with E-state index in [9.17, 15) is 8.42 Å². The Balaban J connectivity index is 2.91. The summed E-state index contributed by atoms with van der Waals surface area (Å²) in [6.45, 7) is 9.72. The highest BCUT2D eigenvalue weighted by atomic mass is 32.2. The molecule has 1 aromatic rings. The average Bonchev–Trinajstić information content (AvgIpc) is 2.21. The smallest absolute Gasteiger partial charge is 0.309 e. The van der Waals surface area contributed by atoms with Crippen LogP contribution in [0.25, 0.3) is 0 Å². The summed E-state index contributed by atoms with van der Waals surface area (Å²) in [6, 6.07) is 3.86. The topological polar surface area (TPSA) is 43.4 Å². The quantitative estimate of drug-likeness (QED) is 0.770. The minimum atomic E-state index is -3.49. The molecule has 1 rings (SSSR count). The zero-order chi connectivity index (χ0) is 13.9. The van der Waals surface area contributed by atoms with Crippen LogP contribution in [0.1, 0.15) is 37.0 Å². The fourth-order valence-corrected chi connectivity index (χ4v) is 3.21. The van der Waals surface area contributed by atoms with Gasteiger partial charge in [0.1, 0.15) is 5.75 Å². The van der Waals surface area contributed by atoms with Crippen molar-refractivity contribution in [2.75, 3.05) is 5.75 Å². The summed E-state index contributed by atoms with van der Waals surface area (Å²) in [5.74, 6) is 0.894. The van der Waals surface area contributed by atoms with Gasteiger partial charge in [0.25, 0.3) is 0 Å². The van der Waals surface area contributed by atoms with Crippen LogP contribution in [0.4, 0.5) is 0 Å². The maximum absolute atomic E-state index is 11.9. The van der Waals surface area contributed by atoms with Crippen LogP contribution in [0.2, 0.25) is 0 Å². The Morgan fingerprint density at radius 1 is 1.11 bits per heavy atom. The molecule has 3 nitrogen and oxygen atoms in total. The van der Waals surface area contributed by atoms with Gasteiger partial charge in [-0.3, -0.25) is 0 Å². The molecule has 0 heterocycles. The van der Waals surface area contributed by atoms with Gasteiger partial charge in [-0.05, 0) is 44.2 Å². The third-order valence-corrected chi connectivity index (χ3v) is 3.92. The molecular weight excluding hydrogens is 248 g/mol. The molecule has 0 aliphatic carbocycles. The van der Waals surface area contributed by atoms with E-state index < -0.39 is 10.1 Å². The first kappa shape index (κ1) is 15.0. The SMILES string of the molecule is Cc1cc(C)c(OS(=O)(=O)CCC(C)C)c(C)c1. The molecule has 0 radical (unpaired) electrons. The number of benzene rings is 1. The van der Waals surface area contributed by atoms with Crippen LogP contribution in [-0.4, -0.2) is 14.2 Å². The lowest BCUT2D eigenvalue weighted by Gasteiger charge is -2.13. The summed E-state index contributed by atoms with van der Waals surface area (Å²) in [6.07, 6.45) is 0.617. The highest BCUT2D eigenvalue weighted by Gasteiger charge is 2.16. The van der Waals surface area contributed by atoms with Crippen molar-refractivity contribution in [2.24, 2.45) is 5.92 Å². The average molecular weight is 270 g/mol. The van der Waals surface area contributed by atoms with Gasteiger partial charge in [0.05, 0.1) is 5.75 Å². The molecule has 0 aliphatic rings. The highest BCUT2D eigenvalue weighted by molar-refractivity contribution is 7.87. The van der Waals surface area contributed by atoms with Gasteiger partial charge >= 0.3 is 10.1 Å². The molecule has 0 amide bonds. The lowest BCUT2D eigenvalue weighted by atomic mass is 10.1. The van der Waals surface area contributed by atoms with Gasteiger partial charge in [0.15, 0.2) is 0 Å². The van der Waals surface area contributed by atoms with Crippen molar-refractivity contribution in [3.8, 4) is 5.75 Å². The van der Waals surface area contributed by atoms with Crippen LogP contribution in [-0.2, 0) is 10.1 Å². The van der Waals surface area contributed by atoms with Crippen LogP contribution in [0.5, 0.6) is 5.75 Å². The van der Waals surface area contributed by atoms with Crippen LogP contribution in [0.15, 0.2) is 12.1 Å². The summed E-state index contributed by atoms with van der Waals surface area (Å²) in [5.41, 5.74) is 2.83. The summed E-state index contributed by atoms with van der Waals surface area (Å²) in [4.78, 5) is 0. The standard InChI is InChI=1S/C14H22O3S/c1-10(2)6-7-18(15,16)17-14-12(4)8-11(3)9-13(14)5/h8-10H,6-7H2,1-5H3. The van der Waals surface area contributed by atoms with Gasteiger partial charge in [-0.1, -0.05) is 31.5 Å².